The number of para-hydroxylation sites is 1. The summed E-state index contributed by atoms with van der Waals surface area (Å²) in [5, 5.41) is 5.51. The van der Waals surface area contributed by atoms with Gasteiger partial charge in [0.25, 0.3) is 11.8 Å². The third-order valence-corrected chi connectivity index (χ3v) is 4.76. The van der Waals surface area contributed by atoms with Gasteiger partial charge >= 0.3 is 0 Å². The monoisotopic (exact) mass is 431 g/mol. The molecule has 7 heteroatoms. The van der Waals surface area contributed by atoms with E-state index in [0.29, 0.717) is 28.3 Å². The van der Waals surface area contributed by atoms with E-state index in [9.17, 15) is 9.59 Å². The van der Waals surface area contributed by atoms with Crippen LogP contribution < -0.4 is 25.8 Å². The Kier molecular flexibility index (Phi) is 7.48. The van der Waals surface area contributed by atoms with Crippen molar-refractivity contribution in [1.29, 1.82) is 0 Å². The predicted octanol–water partition coefficient (Wildman–Crippen LogP) is 3.37. The number of nitrogens with two attached hydrogens (primary N) is 1. The lowest BCUT2D eigenvalue weighted by molar-refractivity contribution is -0.117. The van der Waals surface area contributed by atoms with E-state index in [0.717, 1.165) is 5.56 Å². The Morgan fingerprint density at radius 1 is 0.938 bits per heavy atom. The van der Waals surface area contributed by atoms with E-state index in [-0.39, 0.29) is 12.2 Å². The molecule has 0 aliphatic heterocycles. The van der Waals surface area contributed by atoms with Crippen molar-refractivity contribution in [1.82, 2.24) is 10.6 Å². The van der Waals surface area contributed by atoms with Gasteiger partial charge in [0.2, 0.25) is 0 Å². The van der Waals surface area contributed by atoms with E-state index in [4.69, 9.17) is 15.2 Å². The normalized spacial score (nSPS) is 10.9. The number of rotatable bonds is 8. The molecule has 7 nitrogen and oxygen atoms in total. The van der Waals surface area contributed by atoms with Crippen molar-refractivity contribution in [2.45, 2.75) is 6.54 Å². The fraction of sp³-hybridized carbons (Fsp3) is 0.120. The van der Waals surface area contributed by atoms with Crippen LogP contribution in [0.2, 0.25) is 0 Å². The zero-order valence-corrected chi connectivity index (χ0v) is 17.9. The summed E-state index contributed by atoms with van der Waals surface area (Å²) in [6.07, 6.45) is 1.55. The summed E-state index contributed by atoms with van der Waals surface area (Å²) in [6, 6.07) is 21.1. The molecular formula is C25H25N3O4. The molecule has 0 fully saturated rings. The average molecular weight is 431 g/mol. The summed E-state index contributed by atoms with van der Waals surface area (Å²) in [5.41, 5.74) is 8.37. The van der Waals surface area contributed by atoms with Crippen molar-refractivity contribution < 1.29 is 19.1 Å². The van der Waals surface area contributed by atoms with Crippen LogP contribution in [0.3, 0.4) is 0 Å². The Hall–Kier alpha value is -4.26. The van der Waals surface area contributed by atoms with Gasteiger partial charge in [-0.2, -0.15) is 0 Å². The summed E-state index contributed by atoms with van der Waals surface area (Å²) in [6.45, 7) is 0.208. The molecule has 0 unspecified atom stereocenters. The lowest BCUT2D eigenvalue weighted by atomic mass is 10.1. The maximum absolute atomic E-state index is 13.0. The van der Waals surface area contributed by atoms with Gasteiger partial charge in [0.1, 0.15) is 17.2 Å². The fourth-order valence-corrected chi connectivity index (χ4v) is 3.02. The molecule has 0 atom stereocenters. The summed E-state index contributed by atoms with van der Waals surface area (Å²) in [4.78, 5) is 25.8. The van der Waals surface area contributed by atoms with Crippen LogP contribution >= 0.6 is 0 Å². The Morgan fingerprint density at radius 3 is 2.34 bits per heavy atom. The predicted molar refractivity (Wildman–Crippen MR) is 124 cm³/mol. The number of anilines is 1. The van der Waals surface area contributed by atoms with Gasteiger partial charge in [-0.05, 0) is 48.0 Å². The molecule has 3 aromatic carbocycles. The molecule has 0 heterocycles. The number of nitrogens with one attached hydrogen (secondary N) is 2. The van der Waals surface area contributed by atoms with Gasteiger partial charge in [0.15, 0.2) is 0 Å². The van der Waals surface area contributed by atoms with E-state index >= 15 is 0 Å². The molecule has 0 bridgehead atoms. The minimum Gasteiger partial charge on any atom is -0.497 e. The average Bonchev–Trinajstić information content (AvgIpc) is 2.83. The number of amides is 2. The number of benzene rings is 3. The number of nitrogen functional groups attached to an aromatic ring is 1. The first-order valence-corrected chi connectivity index (χ1v) is 9.93. The second kappa shape index (κ2) is 10.7. The Labute approximate surface area is 186 Å². The zero-order valence-electron chi connectivity index (χ0n) is 17.9. The van der Waals surface area contributed by atoms with E-state index in [1.807, 2.05) is 24.3 Å². The lowest BCUT2D eigenvalue weighted by Gasteiger charge is -2.13. The van der Waals surface area contributed by atoms with Crippen LogP contribution in [-0.4, -0.2) is 26.0 Å². The largest absolute Gasteiger partial charge is 0.497 e. The quantitative estimate of drug-likeness (QED) is 0.375. The van der Waals surface area contributed by atoms with Crippen LogP contribution in [0.4, 0.5) is 5.69 Å². The number of ether oxygens (including phenoxy) is 2. The SMILES string of the molecule is COc1ccc(OC)c(C=C(NC(=O)c2ccccc2)C(=O)NCc2ccccc2N)c1. The third kappa shape index (κ3) is 5.66. The number of carbonyl (C=O) groups is 2. The minimum atomic E-state index is -0.470. The second-order valence-electron chi connectivity index (χ2n) is 6.87. The molecule has 0 saturated carbocycles. The van der Waals surface area contributed by atoms with Crippen molar-refractivity contribution >= 4 is 23.6 Å². The van der Waals surface area contributed by atoms with Crippen molar-refractivity contribution in [2.24, 2.45) is 0 Å². The Balaban J connectivity index is 1.92. The van der Waals surface area contributed by atoms with Gasteiger partial charge in [-0.1, -0.05) is 36.4 Å². The van der Waals surface area contributed by atoms with Gasteiger partial charge in [0.05, 0.1) is 14.2 Å². The summed E-state index contributed by atoms with van der Waals surface area (Å²) >= 11 is 0. The maximum atomic E-state index is 13.0. The molecule has 32 heavy (non-hydrogen) atoms. The van der Waals surface area contributed by atoms with Crippen molar-refractivity contribution in [3.63, 3.8) is 0 Å². The van der Waals surface area contributed by atoms with Crippen molar-refractivity contribution in [3.8, 4) is 11.5 Å². The molecule has 0 spiro atoms. The van der Waals surface area contributed by atoms with E-state index in [1.165, 1.54) is 7.11 Å². The molecule has 3 aromatic rings. The second-order valence-corrected chi connectivity index (χ2v) is 6.87. The van der Waals surface area contributed by atoms with Crippen LogP contribution in [0.25, 0.3) is 6.08 Å². The summed E-state index contributed by atoms with van der Waals surface area (Å²) in [5.74, 6) is 0.233. The molecule has 3 rings (SSSR count). The molecule has 0 aliphatic rings. The summed E-state index contributed by atoms with van der Waals surface area (Å²) in [7, 11) is 3.07. The molecular weight excluding hydrogens is 406 g/mol. The number of methoxy groups -OCH3 is 2. The van der Waals surface area contributed by atoms with Gasteiger partial charge < -0.3 is 25.8 Å². The molecule has 0 aromatic heterocycles. The van der Waals surface area contributed by atoms with Gasteiger partial charge in [-0.25, -0.2) is 0 Å². The first kappa shape index (κ1) is 22.4. The maximum Gasteiger partial charge on any atom is 0.268 e. The first-order chi connectivity index (χ1) is 15.5. The van der Waals surface area contributed by atoms with Crippen molar-refractivity contribution in [3.05, 3.63) is 95.2 Å². The molecule has 0 aliphatic carbocycles. The van der Waals surface area contributed by atoms with Crippen LogP contribution in [0, 0.1) is 0 Å². The number of carbonyl (C=O) groups excluding carboxylic acids is 2. The molecule has 0 radical (unpaired) electrons. The van der Waals surface area contributed by atoms with E-state index < -0.39 is 11.8 Å². The van der Waals surface area contributed by atoms with E-state index in [2.05, 4.69) is 10.6 Å². The van der Waals surface area contributed by atoms with Crippen LogP contribution in [0.1, 0.15) is 21.5 Å². The van der Waals surface area contributed by atoms with Gasteiger partial charge in [-0.3, -0.25) is 9.59 Å². The lowest BCUT2D eigenvalue weighted by Crippen LogP contribution is -2.34. The smallest absolute Gasteiger partial charge is 0.268 e. The zero-order chi connectivity index (χ0) is 22.9. The highest BCUT2D eigenvalue weighted by Gasteiger charge is 2.16. The van der Waals surface area contributed by atoms with Crippen molar-refractivity contribution in [2.75, 3.05) is 20.0 Å². The van der Waals surface area contributed by atoms with Crippen LogP contribution in [0.15, 0.2) is 78.5 Å². The molecule has 4 N–H and O–H groups in total. The topological polar surface area (TPSA) is 103 Å². The highest BCUT2D eigenvalue weighted by molar-refractivity contribution is 6.05. The molecule has 2 amide bonds. The van der Waals surface area contributed by atoms with Crippen LogP contribution in [0.5, 0.6) is 11.5 Å². The number of hydrogen-bond donors (Lipinski definition) is 3. The standard InChI is InChI=1S/C25H25N3O4/c1-31-20-12-13-23(32-2)19(14-20)15-22(28-24(29)17-8-4-3-5-9-17)25(30)27-16-18-10-6-7-11-21(18)26/h3-15H,16,26H2,1-2H3,(H,27,30)(H,28,29). The molecule has 0 saturated heterocycles. The highest BCUT2D eigenvalue weighted by atomic mass is 16.5. The van der Waals surface area contributed by atoms with Gasteiger partial charge in [0, 0.05) is 23.4 Å². The Morgan fingerprint density at radius 2 is 1.66 bits per heavy atom. The van der Waals surface area contributed by atoms with Crippen LogP contribution in [-0.2, 0) is 11.3 Å². The first-order valence-electron chi connectivity index (χ1n) is 9.93. The molecule has 164 valence electrons. The Bertz CT molecular complexity index is 1130. The fourth-order valence-electron chi connectivity index (χ4n) is 3.02. The highest BCUT2D eigenvalue weighted by Crippen LogP contribution is 2.26. The van der Waals surface area contributed by atoms with E-state index in [1.54, 1.807) is 61.7 Å². The van der Waals surface area contributed by atoms with Gasteiger partial charge in [-0.15, -0.1) is 0 Å². The summed E-state index contributed by atoms with van der Waals surface area (Å²) < 4.78 is 10.7. The number of hydrogen-bond acceptors (Lipinski definition) is 5. The third-order valence-electron chi connectivity index (χ3n) is 4.76. The minimum absolute atomic E-state index is 0.0555.